The number of para-hydroxylation sites is 2. The van der Waals surface area contributed by atoms with Crippen LogP contribution in [0.15, 0.2) is 82.8 Å². The van der Waals surface area contributed by atoms with Gasteiger partial charge in [0.15, 0.2) is 0 Å². The van der Waals surface area contributed by atoms with Crippen molar-refractivity contribution >= 4 is 39.4 Å². The Kier molecular flexibility index (Phi) is 7.50. The fourth-order valence-electron chi connectivity index (χ4n) is 2.90. The number of hydrogen-bond donors (Lipinski definition) is 1. The molecule has 32 heavy (non-hydrogen) atoms. The summed E-state index contributed by atoms with van der Waals surface area (Å²) in [6, 6.07) is 19.9. The Morgan fingerprint density at radius 1 is 1.09 bits per heavy atom. The summed E-state index contributed by atoms with van der Waals surface area (Å²) in [4.78, 5) is 12.7. The van der Waals surface area contributed by atoms with Gasteiger partial charge in [-0.2, -0.15) is 5.10 Å². The molecule has 0 spiro atoms. The molecule has 0 aliphatic rings. The van der Waals surface area contributed by atoms with E-state index in [0.29, 0.717) is 16.3 Å². The molecular formula is C23H22ClN3O4S. The number of benzene rings is 3. The molecule has 0 heterocycles. The van der Waals surface area contributed by atoms with Crippen LogP contribution in [-0.4, -0.2) is 34.2 Å². The Hall–Kier alpha value is -3.36. The largest absolute Gasteiger partial charge is 0.495 e. The summed E-state index contributed by atoms with van der Waals surface area (Å²) < 4.78 is 33.2. The monoisotopic (exact) mass is 471 g/mol. The minimum absolute atomic E-state index is 0.0595. The van der Waals surface area contributed by atoms with Gasteiger partial charge in [-0.05, 0) is 48.9 Å². The summed E-state index contributed by atoms with van der Waals surface area (Å²) in [6.45, 7) is 1.36. The van der Waals surface area contributed by atoms with E-state index in [-0.39, 0.29) is 10.6 Å². The number of hydrogen-bond acceptors (Lipinski definition) is 5. The molecule has 3 aromatic carbocycles. The first kappa shape index (κ1) is 23.3. The van der Waals surface area contributed by atoms with Crippen molar-refractivity contribution in [1.29, 1.82) is 0 Å². The van der Waals surface area contributed by atoms with E-state index in [0.717, 1.165) is 9.87 Å². The molecule has 166 valence electrons. The van der Waals surface area contributed by atoms with E-state index >= 15 is 0 Å². The zero-order valence-electron chi connectivity index (χ0n) is 17.5. The summed E-state index contributed by atoms with van der Waals surface area (Å²) >= 11 is 5.94. The quantitative estimate of drug-likeness (QED) is 0.397. The smallest absolute Gasteiger partial charge is 0.264 e. The predicted molar refractivity (Wildman–Crippen MR) is 126 cm³/mol. The van der Waals surface area contributed by atoms with Gasteiger partial charge in [-0.25, -0.2) is 13.8 Å². The highest BCUT2D eigenvalue weighted by atomic mass is 35.5. The van der Waals surface area contributed by atoms with Crippen LogP contribution in [0.1, 0.15) is 11.1 Å². The third kappa shape index (κ3) is 5.66. The first-order valence-electron chi connectivity index (χ1n) is 9.61. The molecule has 3 aromatic rings. The van der Waals surface area contributed by atoms with Crippen LogP contribution in [0.2, 0.25) is 5.02 Å². The van der Waals surface area contributed by atoms with Crippen LogP contribution in [0.5, 0.6) is 5.75 Å². The van der Waals surface area contributed by atoms with E-state index < -0.39 is 22.5 Å². The summed E-state index contributed by atoms with van der Waals surface area (Å²) in [5.74, 6) is -0.303. The van der Waals surface area contributed by atoms with Crippen LogP contribution in [0, 0.1) is 6.92 Å². The minimum Gasteiger partial charge on any atom is -0.495 e. The van der Waals surface area contributed by atoms with Crippen molar-refractivity contribution in [2.75, 3.05) is 18.0 Å². The number of carbonyl (C=O) groups excluding carboxylic acids is 1. The standard InChI is InChI=1S/C23H22ClN3O4S/c1-17-10-12-20(13-11-17)32(29,30)27(21-8-3-4-9-22(21)31-2)16-23(28)26-25-15-18-6-5-7-19(24)14-18/h3-15H,16H2,1-2H3,(H,26,28)/b25-15-. The van der Waals surface area contributed by atoms with Crippen molar-refractivity contribution in [3.8, 4) is 5.75 Å². The predicted octanol–water partition coefficient (Wildman–Crippen LogP) is 4.00. The molecule has 0 aromatic heterocycles. The highest BCUT2D eigenvalue weighted by molar-refractivity contribution is 7.92. The second kappa shape index (κ2) is 10.3. The first-order chi connectivity index (χ1) is 15.3. The number of nitrogens with zero attached hydrogens (tertiary/aromatic N) is 2. The second-order valence-electron chi connectivity index (χ2n) is 6.84. The Morgan fingerprint density at radius 2 is 1.81 bits per heavy atom. The summed E-state index contributed by atoms with van der Waals surface area (Å²) in [6.07, 6.45) is 1.42. The van der Waals surface area contributed by atoms with Crippen LogP contribution >= 0.6 is 11.6 Å². The molecule has 0 saturated heterocycles. The lowest BCUT2D eigenvalue weighted by Crippen LogP contribution is -2.39. The minimum atomic E-state index is -4.06. The third-order valence-electron chi connectivity index (χ3n) is 4.50. The number of sulfonamides is 1. The molecule has 0 atom stereocenters. The van der Waals surface area contributed by atoms with Gasteiger partial charge in [-0.15, -0.1) is 0 Å². The van der Waals surface area contributed by atoms with Gasteiger partial charge in [0, 0.05) is 5.02 Å². The number of rotatable bonds is 8. The van der Waals surface area contributed by atoms with Crippen molar-refractivity contribution in [3.05, 3.63) is 88.9 Å². The topological polar surface area (TPSA) is 88.1 Å². The normalized spacial score (nSPS) is 11.3. The zero-order chi connectivity index (χ0) is 23.1. The van der Waals surface area contributed by atoms with Gasteiger partial charge in [0.25, 0.3) is 15.9 Å². The summed E-state index contributed by atoms with van der Waals surface area (Å²) in [5.41, 5.74) is 4.21. The lowest BCUT2D eigenvalue weighted by molar-refractivity contribution is -0.119. The van der Waals surface area contributed by atoms with E-state index in [2.05, 4.69) is 10.5 Å². The van der Waals surface area contributed by atoms with Gasteiger partial charge in [-0.1, -0.05) is 53.6 Å². The maximum absolute atomic E-state index is 13.4. The highest BCUT2D eigenvalue weighted by Crippen LogP contribution is 2.32. The van der Waals surface area contributed by atoms with E-state index in [9.17, 15) is 13.2 Å². The van der Waals surface area contributed by atoms with Crippen LogP contribution in [0.3, 0.4) is 0 Å². The summed E-state index contributed by atoms with van der Waals surface area (Å²) in [5, 5.41) is 4.44. The molecule has 3 rings (SSSR count). The van der Waals surface area contributed by atoms with E-state index in [1.807, 2.05) is 6.92 Å². The van der Waals surface area contributed by atoms with Crippen molar-refractivity contribution < 1.29 is 17.9 Å². The highest BCUT2D eigenvalue weighted by Gasteiger charge is 2.29. The second-order valence-corrected chi connectivity index (χ2v) is 9.14. The first-order valence-corrected chi connectivity index (χ1v) is 11.4. The van der Waals surface area contributed by atoms with E-state index in [1.54, 1.807) is 60.7 Å². The van der Waals surface area contributed by atoms with Crippen molar-refractivity contribution in [2.45, 2.75) is 11.8 Å². The Labute approximate surface area is 192 Å². The number of nitrogens with one attached hydrogen (secondary N) is 1. The Balaban J connectivity index is 1.89. The molecule has 0 fully saturated rings. The van der Waals surface area contributed by atoms with Crippen LogP contribution in [0.4, 0.5) is 5.69 Å². The maximum Gasteiger partial charge on any atom is 0.264 e. The molecule has 1 amide bonds. The number of methoxy groups -OCH3 is 1. The van der Waals surface area contributed by atoms with Crippen molar-refractivity contribution in [2.24, 2.45) is 5.10 Å². The lowest BCUT2D eigenvalue weighted by atomic mass is 10.2. The molecule has 0 aliphatic carbocycles. The fourth-order valence-corrected chi connectivity index (χ4v) is 4.53. The van der Waals surface area contributed by atoms with Gasteiger partial charge >= 0.3 is 0 Å². The molecule has 0 bridgehead atoms. The van der Waals surface area contributed by atoms with Crippen molar-refractivity contribution in [1.82, 2.24) is 5.43 Å². The lowest BCUT2D eigenvalue weighted by Gasteiger charge is -2.25. The molecule has 1 N–H and O–H groups in total. The average Bonchev–Trinajstić information content (AvgIpc) is 2.78. The van der Waals surface area contributed by atoms with Crippen LogP contribution in [0.25, 0.3) is 0 Å². The van der Waals surface area contributed by atoms with Gasteiger partial charge in [0.05, 0.1) is 23.9 Å². The van der Waals surface area contributed by atoms with Gasteiger partial charge < -0.3 is 4.74 Å². The Morgan fingerprint density at radius 3 is 2.50 bits per heavy atom. The summed E-state index contributed by atoms with van der Waals surface area (Å²) in [7, 11) is -2.62. The number of halogens is 1. The SMILES string of the molecule is COc1ccccc1N(CC(=O)N/N=C\c1cccc(Cl)c1)S(=O)(=O)c1ccc(C)cc1. The number of carbonyl (C=O) groups is 1. The van der Waals surface area contributed by atoms with Gasteiger partial charge in [0.1, 0.15) is 12.3 Å². The number of anilines is 1. The number of aryl methyl sites for hydroxylation is 1. The molecule has 0 saturated carbocycles. The number of hydrazone groups is 1. The number of amides is 1. The fraction of sp³-hybridized carbons (Fsp3) is 0.130. The zero-order valence-corrected chi connectivity index (χ0v) is 19.1. The van der Waals surface area contributed by atoms with Gasteiger partial charge in [-0.3, -0.25) is 9.10 Å². The van der Waals surface area contributed by atoms with Crippen LogP contribution < -0.4 is 14.5 Å². The van der Waals surface area contributed by atoms with Gasteiger partial charge in [0.2, 0.25) is 0 Å². The molecule has 0 aliphatic heterocycles. The number of ether oxygens (including phenoxy) is 1. The van der Waals surface area contributed by atoms with Crippen LogP contribution in [-0.2, 0) is 14.8 Å². The maximum atomic E-state index is 13.4. The molecule has 0 unspecified atom stereocenters. The van der Waals surface area contributed by atoms with E-state index in [1.165, 1.54) is 25.5 Å². The average molecular weight is 472 g/mol. The molecule has 9 heteroatoms. The molecule has 7 nitrogen and oxygen atoms in total. The molecular weight excluding hydrogens is 450 g/mol. The van der Waals surface area contributed by atoms with Crippen molar-refractivity contribution in [3.63, 3.8) is 0 Å². The molecule has 0 radical (unpaired) electrons. The van der Waals surface area contributed by atoms with E-state index in [4.69, 9.17) is 16.3 Å². The Bertz CT molecular complexity index is 1230. The third-order valence-corrected chi connectivity index (χ3v) is 6.51.